The smallest absolute Gasteiger partial charge is 0.263 e. The Morgan fingerprint density at radius 1 is 1.03 bits per heavy atom. The van der Waals surface area contributed by atoms with Crippen LogP contribution in [0.4, 0.5) is 10.1 Å². The maximum Gasteiger partial charge on any atom is 0.263 e. The first-order valence-electron chi connectivity index (χ1n) is 9.51. The number of rotatable bonds is 7. The number of pyridine rings is 1. The summed E-state index contributed by atoms with van der Waals surface area (Å²) in [5.74, 6) is -1.37. The summed E-state index contributed by atoms with van der Waals surface area (Å²) >= 11 is 0. The van der Waals surface area contributed by atoms with Gasteiger partial charge in [-0.05, 0) is 55.3 Å². The molecule has 0 aliphatic rings. The largest absolute Gasteiger partial charge is 0.354 e. The van der Waals surface area contributed by atoms with E-state index in [1.54, 1.807) is 0 Å². The van der Waals surface area contributed by atoms with E-state index >= 15 is 0 Å². The molecule has 6 nitrogen and oxygen atoms in total. The van der Waals surface area contributed by atoms with Crippen molar-refractivity contribution in [2.24, 2.45) is 0 Å². The SMILES string of the molecule is Cc1cccc(CCNC(=O)Cn2cccc(C(=O)Nc3ccc(F)cc3)c2=O)c1. The Balaban J connectivity index is 1.59. The molecule has 0 saturated carbocycles. The van der Waals surface area contributed by atoms with Crippen molar-refractivity contribution in [3.8, 4) is 0 Å². The fraction of sp³-hybridized carbons (Fsp3) is 0.174. The molecule has 0 fully saturated rings. The van der Waals surface area contributed by atoms with Crippen LogP contribution in [-0.2, 0) is 17.8 Å². The van der Waals surface area contributed by atoms with E-state index in [1.807, 2.05) is 25.1 Å². The van der Waals surface area contributed by atoms with Gasteiger partial charge in [-0.2, -0.15) is 0 Å². The number of hydrogen-bond acceptors (Lipinski definition) is 3. The minimum Gasteiger partial charge on any atom is -0.354 e. The van der Waals surface area contributed by atoms with Gasteiger partial charge in [0, 0.05) is 18.4 Å². The van der Waals surface area contributed by atoms with E-state index in [2.05, 4.69) is 16.7 Å². The Kier molecular flexibility index (Phi) is 6.75. The first kappa shape index (κ1) is 21.0. The van der Waals surface area contributed by atoms with Crippen molar-refractivity contribution >= 4 is 17.5 Å². The molecule has 3 aromatic rings. The lowest BCUT2D eigenvalue weighted by Gasteiger charge is -2.10. The van der Waals surface area contributed by atoms with Crippen molar-refractivity contribution in [3.05, 3.63) is 99.7 Å². The van der Waals surface area contributed by atoms with Gasteiger partial charge in [0.15, 0.2) is 0 Å². The Morgan fingerprint density at radius 3 is 2.53 bits per heavy atom. The van der Waals surface area contributed by atoms with Crippen LogP contribution in [0.2, 0.25) is 0 Å². The number of anilines is 1. The molecule has 30 heavy (non-hydrogen) atoms. The summed E-state index contributed by atoms with van der Waals surface area (Å²) in [4.78, 5) is 37.2. The number of hydrogen-bond donors (Lipinski definition) is 2. The quantitative estimate of drug-likeness (QED) is 0.632. The number of benzene rings is 2. The van der Waals surface area contributed by atoms with Gasteiger partial charge in [-0.25, -0.2) is 4.39 Å². The zero-order valence-corrected chi connectivity index (χ0v) is 16.5. The highest BCUT2D eigenvalue weighted by atomic mass is 19.1. The van der Waals surface area contributed by atoms with Crippen molar-refractivity contribution < 1.29 is 14.0 Å². The molecule has 0 radical (unpaired) electrons. The number of amides is 2. The van der Waals surface area contributed by atoms with Crippen LogP contribution in [0.15, 0.2) is 71.7 Å². The molecule has 2 aromatic carbocycles. The molecule has 154 valence electrons. The molecule has 2 N–H and O–H groups in total. The highest BCUT2D eigenvalue weighted by Crippen LogP contribution is 2.09. The number of aryl methyl sites for hydroxylation is 1. The maximum atomic E-state index is 13.0. The summed E-state index contributed by atoms with van der Waals surface area (Å²) in [6.07, 6.45) is 2.14. The van der Waals surface area contributed by atoms with Gasteiger partial charge in [-0.1, -0.05) is 29.8 Å². The van der Waals surface area contributed by atoms with Crippen LogP contribution in [0.25, 0.3) is 0 Å². The lowest BCUT2D eigenvalue weighted by Crippen LogP contribution is -2.35. The predicted octanol–water partition coefficient (Wildman–Crippen LogP) is 2.91. The lowest BCUT2D eigenvalue weighted by atomic mass is 10.1. The van der Waals surface area contributed by atoms with Crippen LogP contribution in [0, 0.1) is 12.7 Å². The van der Waals surface area contributed by atoms with Crippen LogP contribution in [0.3, 0.4) is 0 Å². The van der Waals surface area contributed by atoms with Gasteiger partial charge in [-0.15, -0.1) is 0 Å². The lowest BCUT2D eigenvalue weighted by molar-refractivity contribution is -0.121. The number of carbonyl (C=O) groups is 2. The average Bonchev–Trinajstić information content (AvgIpc) is 2.71. The molecule has 7 heteroatoms. The molecule has 0 unspecified atom stereocenters. The second-order valence-corrected chi connectivity index (χ2v) is 6.90. The third-order valence-corrected chi connectivity index (χ3v) is 4.50. The minimum atomic E-state index is -0.624. The summed E-state index contributed by atoms with van der Waals surface area (Å²) in [5, 5.41) is 5.33. The molecule has 0 aliphatic heterocycles. The first-order chi connectivity index (χ1) is 14.4. The standard InChI is InChI=1S/C23H22FN3O3/c1-16-4-2-5-17(14-16)11-12-25-21(28)15-27-13-3-6-20(23(27)30)22(29)26-19-9-7-18(24)8-10-19/h2-10,13-14H,11-12,15H2,1H3,(H,25,28)(H,26,29). The highest BCUT2D eigenvalue weighted by Gasteiger charge is 2.14. The number of carbonyl (C=O) groups excluding carboxylic acids is 2. The van der Waals surface area contributed by atoms with E-state index in [0.717, 1.165) is 11.1 Å². The van der Waals surface area contributed by atoms with Crippen LogP contribution in [0.5, 0.6) is 0 Å². The van der Waals surface area contributed by atoms with Crippen LogP contribution in [0.1, 0.15) is 21.5 Å². The summed E-state index contributed by atoms with van der Waals surface area (Å²) < 4.78 is 14.2. The minimum absolute atomic E-state index is 0.102. The van der Waals surface area contributed by atoms with Gasteiger partial charge in [0.05, 0.1) is 0 Å². The van der Waals surface area contributed by atoms with Gasteiger partial charge in [0.1, 0.15) is 17.9 Å². The monoisotopic (exact) mass is 407 g/mol. The number of nitrogens with zero attached hydrogens (tertiary/aromatic N) is 1. The molecule has 2 amide bonds. The fourth-order valence-electron chi connectivity index (χ4n) is 2.99. The summed E-state index contributed by atoms with van der Waals surface area (Å²) in [5.41, 5.74) is 1.96. The number of halogens is 1. The Morgan fingerprint density at radius 2 is 1.80 bits per heavy atom. The van der Waals surface area contributed by atoms with Gasteiger partial charge in [0.2, 0.25) is 5.91 Å². The van der Waals surface area contributed by atoms with Crippen LogP contribution in [-0.4, -0.2) is 22.9 Å². The molecule has 0 atom stereocenters. The van der Waals surface area contributed by atoms with E-state index < -0.39 is 17.3 Å². The molecular formula is C23H22FN3O3. The number of nitrogens with one attached hydrogen (secondary N) is 2. The summed E-state index contributed by atoms with van der Waals surface area (Å²) in [7, 11) is 0. The maximum absolute atomic E-state index is 13.0. The number of aromatic nitrogens is 1. The van der Waals surface area contributed by atoms with E-state index in [9.17, 15) is 18.8 Å². The van der Waals surface area contributed by atoms with E-state index in [4.69, 9.17) is 0 Å². The Bertz CT molecular complexity index is 1110. The first-order valence-corrected chi connectivity index (χ1v) is 9.51. The normalized spacial score (nSPS) is 10.5. The van der Waals surface area contributed by atoms with Crippen LogP contribution < -0.4 is 16.2 Å². The predicted molar refractivity (Wildman–Crippen MR) is 113 cm³/mol. The van der Waals surface area contributed by atoms with Crippen molar-refractivity contribution in [2.75, 3.05) is 11.9 Å². The molecule has 0 spiro atoms. The van der Waals surface area contributed by atoms with Crippen molar-refractivity contribution in [3.63, 3.8) is 0 Å². The average molecular weight is 407 g/mol. The van der Waals surface area contributed by atoms with Crippen molar-refractivity contribution in [1.29, 1.82) is 0 Å². The third kappa shape index (κ3) is 5.64. The van der Waals surface area contributed by atoms with E-state index in [0.29, 0.717) is 18.7 Å². The van der Waals surface area contributed by atoms with Gasteiger partial charge < -0.3 is 15.2 Å². The molecule has 0 saturated heterocycles. The zero-order chi connectivity index (χ0) is 21.5. The van der Waals surface area contributed by atoms with Gasteiger partial charge >= 0.3 is 0 Å². The van der Waals surface area contributed by atoms with Crippen LogP contribution >= 0.6 is 0 Å². The van der Waals surface area contributed by atoms with E-state index in [-0.39, 0.29) is 18.0 Å². The molecule has 1 aromatic heterocycles. The highest BCUT2D eigenvalue weighted by molar-refractivity contribution is 6.04. The Hall–Kier alpha value is -3.74. The zero-order valence-electron chi connectivity index (χ0n) is 16.5. The topological polar surface area (TPSA) is 80.2 Å². The summed E-state index contributed by atoms with van der Waals surface area (Å²) in [6.45, 7) is 2.26. The van der Waals surface area contributed by atoms with E-state index in [1.165, 1.54) is 47.2 Å². The Labute approximate surface area is 173 Å². The molecule has 0 bridgehead atoms. The van der Waals surface area contributed by atoms with Crippen molar-refractivity contribution in [1.82, 2.24) is 9.88 Å². The second-order valence-electron chi connectivity index (χ2n) is 6.90. The van der Waals surface area contributed by atoms with Gasteiger partial charge in [-0.3, -0.25) is 14.4 Å². The molecule has 1 heterocycles. The summed E-state index contributed by atoms with van der Waals surface area (Å²) in [6, 6.07) is 16.1. The van der Waals surface area contributed by atoms with Gasteiger partial charge in [0.25, 0.3) is 11.5 Å². The molecule has 0 aliphatic carbocycles. The molecule has 3 rings (SSSR count). The fourth-order valence-corrected chi connectivity index (χ4v) is 2.99. The third-order valence-electron chi connectivity index (χ3n) is 4.50. The van der Waals surface area contributed by atoms with Crippen molar-refractivity contribution in [2.45, 2.75) is 19.9 Å². The second kappa shape index (κ2) is 9.65. The molecular weight excluding hydrogens is 385 g/mol.